The molecule has 0 saturated carbocycles. The third-order valence-corrected chi connectivity index (χ3v) is 4.26. The van der Waals surface area contributed by atoms with Gasteiger partial charge in [0.05, 0.1) is 5.56 Å². The van der Waals surface area contributed by atoms with Crippen molar-refractivity contribution in [2.45, 2.75) is 25.4 Å². The minimum absolute atomic E-state index is 0.165. The second kappa shape index (κ2) is 8.53. The molecular formula is C17H20ClF3N2O. The standard InChI is InChI=1S/C17H20ClF3N2O/c18-15-6-5-14(17(19,20)21)12-13(15)4-7-16(24)22-8-11-23-9-2-1-3-10-23/h4-7,12H,1-3,8-11H2,(H,22,24). The van der Waals surface area contributed by atoms with Crippen molar-refractivity contribution in [3.63, 3.8) is 0 Å². The molecule has 1 amide bonds. The quantitative estimate of drug-likeness (QED) is 0.806. The molecule has 1 aliphatic rings. The van der Waals surface area contributed by atoms with Crippen molar-refractivity contribution in [3.05, 3.63) is 40.4 Å². The number of amides is 1. The summed E-state index contributed by atoms with van der Waals surface area (Å²) in [7, 11) is 0. The Balaban J connectivity index is 1.86. The van der Waals surface area contributed by atoms with E-state index in [-0.39, 0.29) is 16.5 Å². The first-order chi connectivity index (χ1) is 11.4. The minimum Gasteiger partial charge on any atom is -0.351 e. The van der Waals surface area contributed by atoms with Gasteiger partial charge in [0.2, 0.25) is 5.91 Å². The van der Waals surface area contributed by atoms with E-state index >= 15 is 0 Å². The number of carbonyl (C=O) groups excluding carboxylic acids is 1. The molecule has 1 saturated heterocycles. The Bertz CT molecular complexity index is 596. The summed E-state index contributed by atoms with van der Waals surface area (Å²) in [5.41, 5.74) is -0.630. The van der Waals surface area contributed by atoms with Crippen LogP contribution < -0.4 is 5.32 Å². The van der Waals surface area contributed by atoms with Crippen molar-refractivity contribution >= 4 is 23.6 Å². The molecule has 1 fully saturated rings. The van der Waals surface area contributed by atoms with Crippen molar-refractivity contribution < 1.29 is 18.0 Å². The first-order valence-corrected chi connectivity index (χ1v) is 8.29. The Labute approximate surface area is 144 Å². The highest BCUT2D eigenvalue weighted by Crippen LogP contribution is 2.32. The molecule has 1 aromatic carbocycles. The van der Waals surface area contributed by atoms with Crippen molar-refractivity contribution in [1.29, 1.82) is 0 Å². The van der Waals surface area contributed by atoms with Gasteiger partial charge in [-0.05, 0) is 55.8 Å². The Hall–Kier alpha value is -1.53. The van der Waals surface area contributed by atoms with Crippen LogP contribution in [0, 0.1) is 0 Å². The zero-order valence-corrected chi connectivity index (χ0v) is 14.0. The van der Waals surface area contributed by atoms with Crippen LogP contribution >= 0.6 is 11.6 Å². The number of likely N-dealkylation sites (tertiary alicyclic amines) is 1. The van der Waals surface area contributed by atoms with Crippen LogP contribution in [0.4, 0.5) is 13.2 Å². The normalized spacial score (nSPS) is 16.5. The summed E-state index contributed by atoms with van der Waals surface area (Å²) in [5, 5.41) is 2.90. The van der Waals surface area contributed by atoms with E-state index in [1.165, 1.54) is 37.5 Å². The molecule has 24 heavy (non-hydrogen) atoms. The monoisotopic (exact) mass is 360 g/mol. The Morgan fingerprint density at radius 1 is 1.25 bits per heavy atom. The van der Waals surface area contributed by atoms with E-state index in [4.69, 9.17) is 11.6 Å². The molecule has 1 heterocycles. The zero-order chi connectivity index (χ0) is 17.6. The molecule has 1 aliphatic heterocycles. The van der Waals surface area contributed by atoms with Crippen LogP contribution in [0.15, 0.2) is 24.3 Å². The number of halogens is 4. The number of rotatable bonds is 5. The highest BCUT2D eigenvalue weighted by atomic mass is 35.5. The molecule has 0 aliphatic carbocycles. The number of nitrogens with zero attached hydrogens (tertiary/aromatic N) is 1. The molecule has 0 atom stereocenters. The first kappa shape index (κ1) is 18.8. The lowest BCUT2D eigenvalue weighted by molar-refractivity contribution is -0.137. The van der Waals surface area contributed by atoms with Gasteiger partial charge in [-0.2, -0.15) is 13.2 Å². The molecule has 0 aromatic heterocycles. The van der Waals surface area contributed by atoms with Crippen LogP contribution in [0.2, 0.25) is 5.02 Å². The van der Waals surface area contributed by atoms with Gasteiger partial charge < -0.3 is 10.2 Å². The van der Waals surface area contributed by atoms with Crippen molar-refractivity contribution in [1.82, 2.24) is 10.2 Å². The molecule has 3 nitrogen and oxygen atoms in total. The van der Waals surface area contributed by atoms with E-state index in [1.807, 2.05) is 0 Å². The van der Waals surface area contributed by atoms with Crippen LogP contribution in [0.25, 0.3) is 6.08 Å². The number of alkyl halides is 3. The molecule has 0 spiro atoms. The largest absolute Gasteiger partial charge is 0.416 e. The number of carbonyl (C=O) groups is 1. The average molecular weight is 361 g/mol. The minimum atomic E-state index is -4.44. The van der Waals surface area contributed by atoms with Gasteiger partial charge in [0, 0.05) is 24.2 Å². The highest BCUT2D eigenvalue weighted by Gasteiger charge is 2.30. The summed E-state index contributed by atoms with van der Waals surface area (Å²) in [6, 6.07) is 3.02. The molecule has 0 unspecified atom stereocenters. The summed E-state index contributed by atoms with van der Waals surface area (Å²) >= 11 is 5.88. The van der Waals surface area contributed by atoms with Gasteiger partial charge >= 0.3 is 6.18 Å². The fraction of sp³-hybridized carbons (Fsp3) is 0.471. The zero-order valence-electron chi connectivity index (χ0n) is 13.2. The van der Waals surface area contributed by atoms with Crippen molar-refractivity contribution in [3.8, 4) is 0 Å². The molecule has 132 valence electrons. The Morgan fingerprint density at radius 2 is 1.96 bits per heavy atom. The van der Waals surface area contributed by atoms with Crippen LogP contribution in [-0.2, 0) is 11.0 Å². The summed E-state index contributed by atoms with van der Waals surface area (Å²) in [5.74, 6) is -0.347. The van der Waals surface area contributed by atoms with Gasteiger partial charge in [-0.15, -0.1) is 0 Å². The van der Waals surface area contributed by atoms with Gasteiger partial charge in [0.25, 0.3) is 0 Å². The topological polar surface area (TPSA) is 32.3 Å². The Kier molecular flexibility index (Phi) is 6.69. The third-order valence-electron chi connectivity index (χ3n) is 3.91. The lowest BCUT2D eigenvalue weighted by atomic mass is 10.1. The molecule has 1 aromatic rings. The van der Waals surface area contributed by atoms with E-state index in [9.17, 15) is 18.0 Å². The molecule has 2 rings (SSSR count). The second-order valence-corrected chi connectivity index (χ2v) is 6.17. The van der Waals surface area contributed by atoms with E-state index in [2.05, 4.69) is 10.2 Å². The number of piperidine rings is 1. The van der Waals surface area contributed by atoms with E-state index < -0.39 is 11.7 Å². The third kappa shape index (κ3) is 5.83. The number of nitrogens with one attached hydrogen (secondary N) is 1. The molecule has 0 bridgehead atoms. The molecule has 1 N–H and O–H groups in total. The van der Waals surface area contributed by atoms with Gasteiger partial charge in [-0.25, -0.2) is 0 Å². The summed E-state index contributed by atoms with van der Waals surface area (Å²) < 4.78 is 38.1. The highest BCUT2D eigenvalue weighted by molar-refractivity contribution is 6.32. The number of hydrogen-bond acceptors (Lipinski definition) is 2. The van der Waals surface area contributed by atoms with Crippen LogP contribution in [0.1, 0.15) is 30.4 Å². The lowest BCUT2D eigenvalue weighted by Gasteiger charge is -2.26. The molecular weight excluding hydrogens is 341 g/mol. The van der Waals surface area contributed by atoms with Crippen LogP contribution in [-0.4, -0.2) is 37.0 Å². The molecule has 0 radical (unpaired) electrons. The summed E-state index contributed by atoms with van der Waals surface area (Å²) in [4.78, 5) is 14.1. The first-order valence-electron chi connectivity index (χ1n) is 7.91. The average Bonchev–Trinajstić information content (AvgIpc) is 2.54. The van der Waals surface area contributed by atoms with E-state index in [0.29, 0.717) is 6.54 Å². The SMILES string of the molecule is O=C(C=Cc1cc(C(F)(F)F)ccc1Cl)NCCN1CCCCC1. The van der Waals surface area contributed by atoms with Gasteiger partial charge in [-0.3, -0.25) is 4.79 Å². The van der Waals surface area contributed by atoms with Gasteiger partial charge in [0.15, 0.2) is 0 Å². The predicted octanol–water partition coefficient (Wildman–Crippen LogP) is 3.97. The maximum absolute atomic E-state index is 12.7. The fourth-order valence-electron chi connectivity index (χ4n) is 2.59. The van der Waals surface area contributed by atoms with E-state index in [1.54, 1.807) is 0 Å². The summed E-state index contributed by atoms with van der Waals surface area (Å²) in [6.07, 6.45) is 1.68. The number of benzene rings is 1. The summed E-state index contributed by atoms with van der Waals surface area (Å²) in [6.45, 7) is 3.39. The second-order valence-electron chi connectivity index (χ2n) is 5.76. The van der Waals surface area contributed by atoms with Crippen LogP contribution in [0.3, 0.4) is 0 Å². The molecule has 7 heteroatoms. The maximum Gasteiger partial charge on any atom is 0.416 e. The number of hydrogen-bond donors (Lipinski definition) is 1. The van der Waals surface area contributed by atoms with Crippen molar-refractivity contribution in [2.24, 2.45) is 0 Å². The lowest BCUT2D eigenvalue weighted by Crippen LogP contribution is -2.37. The van der Waals surface area contributed by atoms with E-state index in [0.717, 1.165) is 31.8 Å². The fourth-order valence-corrected chi connectivity index (χ4v) is 2.77. The van der Waals surface area contributed by atoms with Crippen molar-refractivity contribution in [2.75, 3.05) is 26.2 Å². The maximum atomic E-state index is 12.7. The predicted molar refractivity (Wildman–Crippen MR) is 88.8 cm³/mol. The smallest absolute Gasteiger partial charge is 0.351 e. The van der Waals surface area contributed by atoms with Crippen LogP contribution in [0.5, 0.6) is 0 Å². The van der Waals surface area contributed by atoms with Gasteiger partial charge in [0.1, 0.15) is 0 Å². The van der Waals surface area contributed by atoms with Gasteiger partial charge in [-0.1, -0.05) is 18.0 Å². The Morgan fingerprint density at radius 3 is 2.62 bits per heavy atom.